The van der Waals surface area contributed by atoms with Crippen molar-refractivity contribution in [2.24, 2.45) is 0 Å². The minimum Gasteiger partial charge on any atom is -0.455 e. The third-order valence-electron chi connectivity index (χ3n) is 5.75. The van der Waals surface area contributed by atoms with Crippen LogP contribution in [0.3, 0.4) is 0 Å². The topological polar surface area (TPSA) is 26.0 Å². The molecule has 0 N–H and O–H groups in total. The van der Waals surface area contributed by atoms with Gasteiger partial charge in [-0.3, -0.25) is 4.98 Å². The maximum Gasteiger partial charge on any atom is 0.145 e. The Hall–Kier alpha value is -3.91. The van der Waals surface area contributed by atoms with Gasteiger partial charge in [-0.15, -0.1) is 0 Å². The van der Waals surface area contributed by atoms with Crippen molar-refractivity contribution >= 4 is 32.7 Å². The van der Waals surface area contributed by atoms with Crippen LogP contribution in [-0.4, -0.2) is 4.98 Å². The number of hydrogen-bond acceptors (Lipinski definition) is 2. The molecule has 2 nitrogen and oxygen atoms in total. The quantitative estimate of drug-likeness (QED) is 0.291. The van der Waals surface area contributed by atoms with Crippen LogP contribution in [0.4, 0.5) is 0 Å². The summed E-state index contributed by atoms with van der Waals surface area (Å²) in [4.78, 5) is 4.41. The zero-order valence-corrected chi connectivity index (χ0v) is 16.5. The monoisotopic (exact) mass is 405 g/mol. The van der Waals surface area contributed by atoms with E-state index in [4.69, 9.17) is 12.6 Å². The van der Waals surface area contributed by atoms with E-state index in [-0.39, 0.29) is 11.1 Å². The molecule has 0 atom stereocenters. The third kappa shape index (κ3) is 2.83. The van der Waals surface area contributed by atoms with Gasteiger partial charge in [0.1, 0.15) is 11.2 Å². The Bertz CT molecular complexity index is 1800. The molecular weight excluding hydrogens is 378 g/mol. The minimum absolute atomic E-state index is 0.235. The van der Waals surface area contributed by atoms with Crippen LogP contribution < -0.4 is 0 Å². The van der Waals surface area contributed by atoms with Crippen molar-refractivity contribution in [3.05, 3.63) is 102 Å². The summed E-state index contributed by atoms with van der Waals surface area (Å²) in [6.07, 6.45) is 1.15. The average molecular weight is 406 g/mol. The Labute approximate surface area is 189 Å². The highest BCUT2D eigenvalue weighted by atomic mass is 16.3. The predicted molar refractivity (Wildman–Crippen MR) is 129 cm³/mol. The summed E-state index contributed by atoms with van der Waals surface area (Å²) in [6.45, 7) is -5.21. The molecule has 0 radical (unpaired) electrons. The van der Waals surface area contributed by atoms with Crippen molar-refractivity contribution in [3.8, 4) is 22.4 Å². The molecule has 0 aliphatic carbocycles. The molecule has 0 fully saturated rings. The second-order valence-electron chi connectivity index (χ2n) is 7.64. The molecule has 2 heteroatoms. The molecule has 31 heavy (non-hydrogen) atoms. The second kappa shape index (κ2) is 6.82. The molecule has 0 aliphatic rings. The zero-order valence-electron chi connectivity index (χ0n) is 22.5. The molecule has 0 saturated heterocycles. The molecule has 0 saturated carbocycles. The Kier molecular flexibility index (Phi) is 2.79. The van der Waals surface area contributed by atoms with Crippen LogP contribution in [0.1, 0.15) is 19.4 Å². The number of nitrogens with zero attached hydrogens (tertiary/aromatic N) is 1. The summed E-state index contributed by atoms with van der Waals surface area (Å²) in [7, 11) is 0. The zero-order chi connectivity index (χ0) is 25.9. The number of fused-ring (bicyclic) bond motifs is 5. The van der Waals surface area contributed by atoms with Gasteiger partial charge in [-0.2, -0.15) is 0 Å². The standard InChI is InChI=1S/C29H21NO/c1-18-14-26(30-17-19(18)2)25-15-22-10-6-7-11-23(22)28-24-13-12-21(16-27(24)31-29(25)28)20-8-4-3-5-9-20/h3-17H,1-2H3/i1D3,2D3. The molecule has 6 aromatic rings. The van der Waals surface area contributed by atoms with Gasteiger partial charge < -0.3 is 4.42 Å². The average Bonchev–Trinajstić information content (AvgIpc) is 3.26. The summed E-state index contributed by atoms with van der Waals surface area (Å²) in [5.74, 6) is 0. The van der Waals surface area contributed by atoms with Crippen LogP contribution >= 0.6 is 0 Å². The fourth-order valence-corrected chi connectivity index (χ4v) is 4.23. The molecule has 0 aliphatic heterocycles. The smallest absolute Gasteiger partial charge is 0.145 e. The van der Waals surface area contributed by atoms with Gasteiger partial charge in [-0.05, 0) is 71.0 Å². The van der Waals surface area contributed by atoms with Crippen molar-refractivity contribution in [3.63, 3.8) is 0 Å². The second-order valence-corrected chi connectivity index (χ2v) is 7.64. The lowest BCUT2D eigenvalue weighted by Crippen LogP contribution is -1.89. The number of rotatable bonds is 2. The van der Waals surface area contributed by atoms with Crippen LogP contribution in [0.25, 0.3) is 55.1 Å². The van der Waals surface area contributed by atoms with Gasteiger partial charge in [0.25, 0.3) is 0 Å². The molecule has 0 amide bonds. The van der Waals surface area contributed by atoms with Crippen molar-refractivity contribution in [1.29, 1.82) is 0 Å². The lowest BCUT2D eigenvalue weighted by molar-refractivity contribution is 0.670. The summed E-state index contributed by atoms with van der Waals surface area (Å²) in [6, 6.07) is 27.3. The molecule has 6 rings (SSSR count). The van der Waals surface area contributed by atoms with Gasteiger partial charge in [-0.25, -0.2) is 0 Å². The molecule has 0 bridgehead atoms. The molecule has 148 valence electrons. The molecule has 0 spiro atoms. The molecule has 2 aromatic heterocycles. The van der Waals surface area contributed by atoms with Gasteiger partial charge in [0.05, 0.1) is 5.69 Å². The van der Waals surface area contributed by atoms with Gasteiger partial charge >= 0.3 is 0 Å². The highest BCUT2D eigenvalue weighted by molar-refractivity contribution is 6.22. The van der Waals surface area contributed by atoms with E-state index in [0.717, 1.165) is 38.9 Å². The van der Waals surface area contributed by atoms with Gasteiger partial charge in [0.15, 0.2) is 0 Å². The number of aromatic nitrogens is 1. The van der Waals surface area contributed by atoms with Crippen LogP contribution in [0.2, 0.25) is 0 Å². The highest BCUT2D eigenvalue weighted by Crippen LogP contribution is 2.41. The first kappa shape index (κ1) is 12.7. The number of pyridine rings is 1. The number of aryl methyl sites for hydroxylation is 2. The van der Waals surface area contributed by atoms with Crippen LogP contribution in [0.5, 0.6) is 0 Å². The SMILES string of the molecule is [2H]C([2H])([2H])c1cnc(-c2cc3ccccc3c3c2oc2cc(-c4ccccc4)ccc23)cc1C([2H])([2H])[2H]. The fraction of sp³-hybridized carbons (Fsp3) is 0.0690. The largest absolute Gasteiger partial charge is 0.455 e. The van der Waals surface area contributed by atoms with E-state index in [2.05, 4.69) is 11.1 Å². The van der Waals surface area contributed by atoms with E-state index in [0.29, 0.717) is 22.4 Å². The predicted octanol–water partition coefficient (Wildman–Crippen LogP) is 8.09. The van der Waals surface area contributed by atoms with E-state index in [1.54, 1.807) is 0 Å². The summed E-state index contributed by atoms with van der Waals surface area (Å²) in [5, 5.41) is 3.78. The number of hydrogen-bond donors (Lipinski definition) is 0. The molecular formula is C29H21NO. The maximum atomic E-state index is 7.97. The van der Waals surface area contributed by atoms with E-state index < -0.39 is 13.7 Å². The lowest BCUT2D eigenvalue weighted by atomic mass is 9.97. The van der Waals surface area contributed by atoms with Gasteiger partial charge in [-0.1, -0.05) is 60.7 Å². The van der Waals surface area contributed by atoms with Crippen molar-refractivity contribution in [1.82, 2.24) is 4.98 Å². The Morgan fingerprint density at radius 2 is 1.58 bits per heavy atom. The van der Waals surface area contributed by atoms with Crippen molar-refractivity contribution in [2.75, 3.05) is 0 Å². The minimum atomic E-state index is -2.62. The van der Waals surface area contributed by atoms with E-state index in [1.165, 1.54) is 6.07 Å². The summed E-state index contributed by atoms with van der Waals surface area (Å²) in [5.41, 5.74) is 3.80. The van der Waals surface area contributed by atoms with E-state index in [1.807, 2.05) is 72.8 Å². The highest BCUT2D eigenvalue weighted by Gasteiger charge is 2.17. The van der Waals surface area contributed by atoms with Crippen LogP contribution in [-0.2, 0) is 0 Å². The first-order chi connectivity index (χ1) is 17.6. The first-order valence-electron chi connectivity index (χ1n) is 13.1. The molecule has 4 aromatic carbocycles. The van der Waals surface area contributed by atoms with E-state index in [9.17, 15) is 0 Å². The Morgan fingerprint density at radius 1 is 0.742 bits per heavy atom. The summed E-state index contributed by atoms with van der Waals surface area (Å²) < 4.78 is 53.7. The van der Waals surface area contributed by atoms with Gasteiger partial charge in [0.2, 0.25) is 0 Å². The number of benzene rings is 4. The Morgan fingerprint density at radius 3 is 2.45 bits per heavy atom. The lowest BCUT2D eigenvalue weighted by Gasteiger charge is -2.08. The maximum absolute atomic E-state index is 7.97. The number of furan rings is 1. The Balaban J connectivity index is 1.66. The summed E-state index contributed by atoms with van der Waals surface area (Å²) >= 11 is 0. The molecule has 0 unspecified atom stereocenters. The first-order valence-corrected chi connectivity index (χ1v) is 10.1. The van der Waals surface area contributed by atoms with Crippen molar-refractivity contribution < 1.29 is 12.6 Å². The third-order valence-corrected chi connectivity index (χ3v) is 5.75. The van der Waals surface area contributed by atoms with E-state index >= 15 is 0 Å². The van der Waals surface area contributed by atoms with Crippen molar-refractivity contribution in [2.45, 2.75) is 13.7 Å². The van der Waals surface area contributed by atoms with Gasteiger partial charge in [0, 0.05) is 30.8 Å². The van der Waals surface area contributed by atoms with Crippen LogP contribution in [0.15, 0.2) is 95.5 Å². The molecule has 2 heterocycles. The fourth-order valence-electron chi connectivity index (χ4n) is 4.23. The normalized spacial score (nSPS) is 15.2. The van der Waals surface area contributed by atoms with Crippen LogP contribution in [0, 0.1) is 13.7 Å².